The Labute approximate surface area is 82.2 Å². The average Bonchev–Trinajstić information content (AvgIpc) is 2.53. The molecule has 0 fully saturated rings. The van der Waals surface area contributed by atoms with Gasteiger partial charge >= 0.3 is 0 Å². The number of aromatic nitrogens is 2. The number of nitrogens with zero attached hydrogens (tertiary/aromatic N) is 2. The second-order valence-corrected chi connectivity index (χ2v) is 3.35. The van der Waals surface area contributed by atoms with Gasteiger partial charge in [-0.2, -0.15) is 4.98 Å². The molecule has 1 aromatic rings. The Morgan fingerprint density at radius 3 is 2.62 bits per heavy atom. The third-order valence-corrected chi connectivity index (χ3v) is 1.94. The van der Waals surface area contributed by atoms with E-state index in [0.29, 0.717) is 17.6 Å². The maximum Gasteiger partial charge on any atom is 0.241 e. The van der Waals surface area contributed by atoms with Crippen LogP contribution in [0.3, 0.4) is 0 Å². The fraction of sp³-hybridized carbons (Fsp3) is 0.750. The van der Waals surface area contributed by atoms with Gasteiger partial charge in [0.05, 0.1) is 0 Å². The molecule has 0 aliphatic carbocycles. The van der Waals surface area contributed by atoms with Gasteiger partial charge in [0.1, 0.15) is 12.0 Å². The molecule has 5 heteroatoms. The molecular weight excluding hydrogens is 192 g/mol. The Morgan fingerprint density at radius 1 is 1.54 bits per heavy atom. The fourth-order valence-electron chi connectivity index (χ4n) is 1.11. The summed E-state index contributed by atoms with van der Waals surface area (Å²) in [7, 11) is 1.63. The standard InChI is InChI=1S/C8H13ClN2O2/c1-5(2)7(12-3)8-10-6(4-9)13-11-8/h5,7H,4H2,1-3H3. The van der Waals surface area contributed by atoms with E-state index in [1.165, 1.54) is 0 Å². The van der Waals surface area contributed by atoms with E-state index in [2.05, 4.69) is 10.1 Å². The van der Waals surface area contributed by atoms with Crippen LogP contribution in [-0.2, 0) is 10.6 Å². The predicted molar refractivity (Wildman–Crippen MR) is 48.4 cm³/mol. The SMILES string of the molecule is COC(c1noc(CCl)n1)C(C)C. The van der Waals surface area contributed by atoms with E-state index in [9.17, 15) is 0 Å². The van der Waals surface area contributed by atoms with Crippen molar-refractivity contribution in [3.05, 3.63) is 11.7 Å². The average molecular weight is 205 g/mol. The highest BCUT2D eigenvalue weighted by molar-refractivity contribution is 6.16. The minimum absolute atomic E-state index is 0.124. The van der Waals surface area contributed by atoms with Crippen molar-refractivity contribution in [3.63, 3.8) is 0 Å². The van der Waals surface area contributed by atoms with E-state index in [0.717, 1.165) is 0 Å². The van der Waals surface area contributed by atoms with Crippen molar-refractivity contribution in [1.29, 1.82) is 0 Å². The van der Waals surface area contributed by atoms with Crippen molar-refractivity contribution >= 4 is 11.6 Å². The molecule has 0 bridgehead atoms. The van der Waals surface area contributed by atoms with E-state index >= 15 is 0 Å². The zero-order valence-electron chi connectivity index (χ0n) is 7.95. The second kappa shape index (κ2) is 4.58. The van der Waals surface area contributed by atoms with Crippen molar-refractivity contribution in [2.75, 3.05) is 7.11 Å². The molecule has 0 N–H and O–H groups in total. The van der Waals surface area contributed by atoms with E-state index in [1.54, 1.807) is 7.11 Å². The lowest BCUT2D eigenvalue weighted by molar-refractivity contribution is 0.0555. The quantitative estimate of drug-likeness (QED) is 0.706. The topological polar surface area (TPSA) is 48.2 Å². The number of halogens is 1. The first-order chi connectivity index (χ1) is 6.19. The second-order valence-electron chi connectivity index (χ2n) is 3.08. The van der Waals surface area contributed by atoms with Gasteiger partial charge in [-0.15, -0.1) is 11.6 Å². The summed E-state index contributed by atoms with van der Waals surface area (Å²) in [6.07, 6.45) is -0.124. The smallest absolute Gasteiger partial charge is 0.241 e. The van der Waals surface area contributed by atoms with Gasteiger partial charge in [-0.3, -0.25) is 0 Å². The maximum absolute atomic E-state index is 5.53. The Balaban J connectivity index is 2.79. The molecule has 0 aliphatic heterocycles. The van der Waals surface area contributed by atoms with Gasteiger partial charge in [-0.25, -0.2) is 0 Å². The number of ether oxygens (including phenoxy) is 1. The van der Waals surface area contributed by atoms with Crippen LogP contribution in [-0.4, -0.2) is 17.3 Å². The van der Waals surface area contributed by atoms with Crippen molar-refractivity contribution in [1.82, 2.24) is 10.1 Å². The Hall–Kier alpha value is -0.610. The molecular formula is C8H13ClN2O2. The lowest BCUT2D eigenvalue weighted by Crippen LogP contribution is -2.10. The lowest BCUT2D eigenvalue weighted by atomic mass is 10.1. The first kappa shape index (κ1) is 10.5. The monoisotopic (exact) mass is 204 g/mol. The van der Waals surface area contributed by atoms with E-state index < -0.39 is 0 Å². The Bertz CT molecular complexity index is 262. The zero-order valence-corrected chi connectivity index (χ0v) is 8.71. The van der Waals surface area contributed by atoms with Crippen LogP contribution in [0.5, 0.6) is 0 Å². The molecule has 4 nitrogen and oxygen atoms in total. The first-order valence-electron chi connectivity index (χ1n) is 4.10. The van der Waals surface area contributed by atoms with Crippen LogP contribution in [0.1, 0.15) is 31.7 Å². The maximum atomic E-state index is 5.53. The number of methoxy groups -OCH3 is 1. The van der Waals surface area contributed by atoms with Gasteiger partial charge in [-0.05, 0) is 5.92 Å². The number of hydrogen-bond acceptors (Lipinski definition) is 4. The molecule has 0 saturated carbocycles. The summed E-state index contributed by atoms with van der Waals surface area (Å²) in [5, 5.41) is 3.78. The van der Waals surface area contributed by atoms with E-state index in [1.807, 2.05) is 13.8 Å². The van der Waals surface area contributed by atoms with Gasteiger partial charge < -0.3 is 9.26 Å². The van der Waals surface area contributed by atoms with Crippen LogP contribution >= 0.6 is 11.6 Å². The molecule has 0 radical (unpaired) electrons. The predicted octanol–water partition coefficient (Wildman–Crippen LogP) is 2.15. The molecule has 0 spiro atoms. The largest absolute Gasteiger partial charge is 0.373 e. The summed E-state index contributed by atoms with van der Waals surface area (Å²) in [5.74, 6) is 1.54. The molecule has 1 aromatic heterocycles. The van der Waals surface area contributed by atoms with Crippen molar-refractivity contribution in [3.8, 4) is 0 Å². The highest BCUT2D eigenvalue weighted by Gasteiger charge is 2.20. The summed E-state index contributed by atoms with van der Waals surface area (Å²) < 4.78 is 10.1. The van der Waals surface area contributed by atoms with Crippen LogP contribution in [0.15, 0.2) is 4.52 Å². The van der Waals surface area contributed by atoms with E-state index in [-0.39, 0.29) is 12.0 Å². The third kappa shape index (κ3) is 2.42. The minimum atomic E-state index is -0.124. The van der Waals surface area contributed by atoms with Gasteiger partial charge in [0.25, 0.3) is 0 Å². The molecule has 1 rings (SSSR count). The van der Waals surface area contributed by atoms with E-state index in [4.69, 9.17) is 20.9 Å². The van der Waals surface area contributed by atoms with Gasteiger partial charge in [0, 0.05) is 7.11 Å². The highest BCUT2D eigenvalue weighted by Crippen LogP contribution is 2.22. The summed E-state index contributed by atoms with van der Waals surface area (Å²) in [6, 6.07) is 0. The summed E-state index contributed by atoms with van der Waals surface area (Å²) >= 11 is 5.53. The Morgan fingerprint density at radius 2 is 2.23 bits per heavy atom. The molecule has 0 saturated heterocycles. The minimum Gasteiger partial charge on any atom is -0.373 e. The van der Waals surface area contributed by atoms with Crippen LogP contribution in [0, 0.1) is 5.92 Å². The van der Waals surface area contributed by atoms with Gasteiger partial charge in [0.15, 0.2) is 0 Å². The van der Waals surface area contributed by atoms with Crippen LogP contribution < -0.4 is 0 Å². The molecule has 1 unspecified atom stereocenters. The molecule has 0 aliphatic rings. The number of alkyl halides is 1. The molecule has 13 heavy (non-hydrogen) atoms. The molecule has 1 atom stereocenters. The molecule has 0 aromatic carbocycles. The van der Waals surface area contributed by atoms with Crippen molar-refractivity contribution < 1.29 is 9.26 Å². The third-order valence-electron chi connectivity index (χ3n) is 1.71. The van der Waals surface area contributed by atoms with Crippen molar-refractivity contribution in [2.24, 2.45) is 5.92 Å². The van der Waals surface area contributed by atoms with Crippen LogP contribution in [0.2, 0.25) is 0 Å². The lowest BCUT2D eigenvalue weighted by Gasteiger charge is -2.14. The van der Waals surface area contributed by atoms with Crippen LogP contribution in [0.25, 0.3) is 0 Å². The number of hydrogen-bond donors (Lipinski definition) is 0. The molecule has 1 heterocycles. The van der Waals surface area contributed by atoms with Gasteiger partial charge in [-0.1, -0.05) is 19.0 Å². The number of rotatable bonds is 4. The van der Waals surface area contributed by atoms with Crippen molar-refractivity contribution in [2.45, 2.75) is 25.8 Å². The van der Waals surface area contributed by atoms with Gasteiger partial charge in [0.2, 0.25) is 11.7 Å². The van der Waals surface area contributed by atoms with Crippen LogP contribution in [0.4, 0.5) is 0 Å². The summed E-state index contributed by atoms with van der Waals surface area (Å²) in [4.78, 5) is 4.09. The zero-order chi connectivity index (χ0) is 9.84. The first-order valence-corrected chi connectivity index (χ1v) is 4.63. The highest BCUT2D eigenvalue weighted by atomic mass is 35.5. The molecule has 0 amide bonds. The summed E-state index contributed by atoms with van der Waals surface area (Å²) in [6.45, 7) is 4.07. The molecule has 74 valence electrons. The fourth-order valence-corrected chi connectivity index (χ4v) is 1.22. The Kier molecular flexibility index (Phi) is 3.69. The normalized spacial score (nSPS) is 13.6. The summed E-state index contributed by atoms with van der Waals surface area (Å²) in [5.41, 5.74) is 0.